The Balaban J connectivity index is 1.89. The molecule has 1 aliphatic heterocycles. The van der Waals surface area contributed by atoms with Crippen molar-refractivity contribution in [2.45, 2.75) is 32.5 Å². The van der Waals surface area contributed by atoms with Gasteiger partial charge in [0.25, 0.3) is 11.5 Å². The summed E-state index contributed by atoms with van der Waals surface area (Å²) in [6, 6.07) is 5.62. The molecule has 0 fully saturated rings. The van der Waals surface area contributed by atoms with E-state index >= 15 is 0 Å². The van der Waals surface area contributed by atoms with Gasteiger partial charge in [-0.2, -0.15) is 0 Å². The van der Waals surface area contributed by atoms with Gasteiger partial charge in [0.1, 0.15) is 17.2 Å². The zero-order valence-corrected chi connectivity index (χ0v) is 13.9. The van der Waals surface area contributed by atoms with Crippen molar-refractivity contribution in [2.75, 3.05) is 6.61 Å². The molecule has 3 rings (SSSR count). The zero-order chi connectivity index (χ0) is 18.2. The number of halogens is 1. The first kappa shape index (κ1) is 17.1. The molecule has 7 nitrogen and oxygen atoms in total. The number of nitrogens with zero attached hydrogens (tertiary/aromatic N) is 2. The molecule has 0 saturated carbocycles. The Morgan fingerprint density at radius 1 is 1.40 bits per heavy atom. The van der Waals surface area contributed by atoms with Crippen LogP contribution in [0.15, 0.2) is 29.1 Å². The predicted molar refractivity (Wildman–Crippen MR) is 86.7 cm³/mol. The lowest BCUT2D eigenvalue weighted by Crippen LogP contribution is -2.42. The van der Waals surface area contributed by atoms with E-state index in [4.69, 9.17) is 4.74 Å². The number of nitrogens with one attached hydrogen (secondary N) is 1. The lowest BCUT2D eigenvalue weighted by molar-refractivity contribution is -0.0566. The highest BCUT2D eigenvalue weighted by atomic mass is 19.1. The third-order valence-electron chi connectivity index (χ3n) is 4.04. The molecule has 2 heterocycles. The third kappa shape index (κ3) is 3.25. The van der Waals surface area contributed by atoms with Crippen molar-refractivity contribution in [3.63, 3.8) is 0 Å². The molecular formula is C17H18FN3O4. The van der Waals surface area contributed by atoms with E-state index in [0.717, 1.165) is 0 Å². The summed E-state index contributed by atoms with van der Waals surface area (Å²) in [5.41, 5.74) is -1.20. The van der Waals surface area contributed by atoms with Gasteiger partial charge in [-0.15, -0.1) is 0 Å². The van der Waals surface area contributed by atoms with E-state index in [1.165, 1.54) is 28.8 Å². The summed E-state index contributed by atoms with van der Waals surface area (Å²) in [5, 5.41) is 12.6. The number of benzene rings is 1. The van der Waals surface area contributed by atoms with Crippen molar-refractivity contribution < 1.29 is 19.0 Å². The van der Waals surface area contributed by atoms with E-state index < -0.39 is 22.8 Å². The van der Waals surface area contributed by atoms with Gasteiger partial charge >= 0.3 is 0 Å². The highest BCUT2D eigenvalue weighted by Crippen LogP contribution is 2.27. The molecule has 1 aliphatic rings. The second-order valence-electron chi connectivity index (χ2n) is 6.26. The van der Waals surface area contributed by atoms with Crippen molar-refractivity contribution in [3.8, 4) is 5.75 Å². The maximum absolute atomic E-state index is 12.9. The van der Waals surface area contributed by atoms with Crippen LogP contribution in [0.3, 0.4) is 0 Å². The van der Waals surface area contributed by atoms with Crippen molar-refractivity contribution in [2.24, 2.45) is 0 Å². The molecule has 0 bridgehead atoms. The first-order chi connectivity index (χ1) is 11.8. The molecule has 8 heteroatoms. The van der Waals surface area contributed by atoms with Crippen molar-refractivity contribution in [3.05, 3.63) is 57.5 Å². The number of aromatic hydroxyl groups is 1. The molecule has 0 unspecified atom stereocenters. The molecule has 0 radical (unpaired) electrons. The third-order valence-corrected chi connectivity index (χ3v) is 4.04. The number of rotatable bonds is 3. The number of carbonyl (C=O) groups is 1. The Morgan fingerprint density at radius 3 is 2.76 bits per heavy atom. The van der Waals surface area contributed by atoms with Crippen LogP contribution in [0.2, 0.25) is 0 Å². The van der Waals surface area contributed by atoms with Crippen LogP contribution in [-0.2, 0) is 23.4 Å². The standard InChI is InChI=1S/C17H18FN3O4/c1-17(2)16-20-12(13(22)15(24)21(16)7-8-25-17)14(23)19-9-10-3-5-11(18)6-4-10/h3-6,22H,7-9H2,1-2H3,(H,19,23). The first-order valence-corrected chi connectivity index (χ1v) is 7.80. The van der Waals surface area contributed by atoms with Gasteiger partial charge in [-0.05, 0) is 31.5 Å². The van der Waals surface area contributed by atoms with Crippen LogP contribution in [0.4, 0.5) is 4.39 Å². The number of hydrogen-bond donors (Lipinski definition) is 2. The lowest BCUT2D eigenvalue weighted by Gasteiger charge is -2.32. The van der Waals surface area contributed by atoms with E-state index in [-0.39, 0.29) is 30.4 Å². The molecule has 0 spiro atoms. The Labute approximate surface area is 143 Å². The van der Waals surface area contributed by atoms with Crippen LogP contribution >= 0.6 is 0 Å². The van der Waals surface area contributed by atoms with Gasteiger partial charge in [0, 0.05) is 6.54 Å². The summed E-state index contributed by atoms with van der Waals surface area (Å²) in [4.78, 5) is 28.9. The number of amides is 1. The Hall–Kier alpha value is -2.74. The topological polar surface area (TPSA) is 93.5 Å². The van der Waals surface area contributed by atoms with Gasteiger partial charge in [0.2, 0.25) is 5.75 Å². The highest BCUT2D eigenvalue weighted by molar-refractivity contribution is 5.94. The summed E-state index contributed by atoms with van der Waals surface area (Å²) >= 11 is 0. The molecule has 0 aliphatic carbocycles. The summed E-state index contributed by atoms with van der Waals surface area (Å²) in [5.74, 6) is -1.48. The van der Waals surface area contributed by atoms with Crippen LogP contribution in [0.5, 0.6) is 5.75 Å². The number of aromatic nitrogens is 2. The Kier molecular flexibility index (Phi) is 4.30. The average molecular weight is 347 g/mol. The Bertz CT molecular complexity index is 875. The van der Waals surface area contributed by atoms with Gasteiger partial charge in [0.15, 0.2) is 5.69 Å². The van der Waals surface area contributed by atoms with Crippen molar-refractivity contribution in [1.29, 1.82) is 0 Å². The highest BCUT2D eigenvalue weighted by Gasteiger charge is 2.34. The molecule has 132 valence electrons. The van der Waals surface area contributed by atoms with Crippen molar-refractivity contribution in [1.82, 2.24) is 14.9 Å². The minimum absolute atomic E-state index is 0.110. The predicted octanol–water partition coefficient (Wildman–Crippen LogP) is 1.28. The van der Waals surface area contributed by atoms with Gasteiger partial charge in [-0.3, -0.25) is 14.2 Å². The van der Waals surface area contributed by atoms with Crippen LogP contribution in [-0.4, -0.2) is 27.2 Å². The molecule has 2 N–H and O–H groups in total. The van der Waals surface area contributed by atoms with E-state index in [0.29, 0.717) is 12.2 Å². The van der Waals surface area contributed by atoms with Crippen LogP contribution < -0.4 is 10.9 Å². The summed E-state index contributed by atoms with van der Waals surface area (Å²) in [6.45, 7) is 4.16. The van der Waals surface area contributed by atoms with Crippen LogP contribution in [0.1, 0.15) is 35.7 Å². The number of hydrogen-bond acceptors (Lipinski definition) is 5. The van der Waals surface area contributed by atoms with Crippen LogP contribution in [0, 0.1) is 5.82 Å². The molecule has 1 aromatic heterocycles. The number of ether oxygens (including phenoxy) is 1. The summed E-state index contributed by atoms with van der Waals surface area (Å²) < 4.78 is 19.8. The van der Waals surface area contributed by atoms with E-state index in [2.05, 4.69) is 10.3 Å². The largest absolute Gasteiger partial charge is 0.501 e. The average Bonchev–Trinajstić information content (AvgIpc) is 2.57. The molecular weight excluding hydrogens is 329 g/mol. The molecule has 25 heavy (non-hydrogen) atoms. The minimum Gasteiger partial charge on any atom is -0.501 e. The smallest absolute Gasteiger partial charge is 0.296 e. The van der Waals surface area contributed by atoms with E-state index in [1.807, 2.05) is 0 Å². The quantitative estimate of drug-likeness (QED) is 0.872. The SMILES string of the molecule is CC1(C)OCCn2c1nc(C(=O)NCc1ccc(F)cc1)c(O)c2=O. The molecule has 1 aromatic carbocycles. The molecule has 1 amide bonds. The summed E-state index contributed by atoms with van der Waals surface area (Å²) in [7, 11) is 0. The monoisotopic (exact) mass is 347 g/mol. The molecule has 0 saturated heterocycles. The molecule has 2 aromatic rings. The van der Waals surface area contributed by atoms with Gasteiger partial charge < -0.3 is 15.2 Å². The second-order valence-corrected chi connectivity index (χ2v) is 6.26. The number of carbonyl (C=O) groups excluding carboxylic acids is 1. The molecule has 0 atom stereocenters. The van der Waals surface area contributed by atoms with Gasteiger partial charge in [-0.1, -0.05) is 12.1 Å². The fourth-order valence-electron chi connectivity index (χ4n) is 2.69. The maximum atomic E-state index is 12.9. The van der Waals surface area contributed by atoms with Gasteiger partial charge in [-0.25, -0.2) is 9.37 Å². The minimum atomic E-state index is -0.850. The van der Waals surface area contributed by atoms with Crippen LogP contribution in [0.25, 0.3) is 0 Å². The Morgan fingerprint density at radius 2 is 2.08 bits per heavy atom. The first-order valence-electron chi connectivity index (χ1n) is 7.80. The summed E-state index contributed by atoms with van der Waals surface area (Å²) in [6.07, 6.45) is 0. The fraction of sp³-hybridized carbons (Fsp3) is 0.353. The second kappa shape index (κ2) is 6.29. The lowest BCUT2D eigenvalue weighted by atomic mass is 10.1. The zero-order valence-electron chi connectivity index (χ0n) is 13.9. The van der Waals surface area contributed by atoms with E-state index in [9.17, 15) is 19.1 Å². The fourth-order valence-corrected chi connectivity index (χ4v) is 2.69. The van der Waals surface area contributed by atoms with Crippen molar-refractivity contribution >= 4 is 5.91 Å². The van der Waals surface area contributed by atoms with E-state index in [1.54, 1.807) is 13.8 Å². The number of fused-ring (bicyclic) bond motifs is 1. The normalized spacial score (nSPS) is 15.5. The maximum Gasteiger partial charge on any atom is 0.296 e. The van der Waals surface area contributed by atoms with Gasteiger partial charge in [0.05, 0.1) is 13.2 Å².